The molecule has 0 radical (unpaired) electrons. The minimum Gasteiger partial charge on any atom is -0.618 e. The molecule has 126 valence electrons. The number of carbonyl (C=O) groups excluding carboxylic acids is 1. The number of hydrogen-bond acceptors (Lipinski definition) is 4. The molecule has 6 heteroatoms. The SMILES string of the molecule is CCN1CC(CN(C)C(=O)c2cccc[n+]2[O-])Oc2ccccc21. The minimum absolute atomic E-state index is 0.114. The maximum atomic E-state index is 12.5. The molecule has 1 aliphatic heterocycles. The van der Waals surface area contributed by atoms with E-state index in [1.165, 1.54) is 17.2 Å². The molecule has 0 spiro atoms. The Morgan fingerprint density at radius 1 is 1.33 bits per heavy atom. The molecule has 1 aromatic carbocycles. The lowest BCUT2D eigenvalue weighted by Crippen LogP contribution is -2.48. The summed E-state index contributed by atoms with van der Waals surface area (Å²) in [5.41, 5.74) is 1.19. The van der Waals surface area contributed by atoms with E-state index in [9.17, 15) is 10.0 Å². The van der Waals surface area contributed by atoms with Crippen LogP contribution in [0.4, 0.5) is 5.69 Å². The number of nitrogens with zero attached hydrogens (tertiary/aromatic N) is 3. The third-order valence-corrected chi connectivity index (χ3v) is 4.17. The van der Waals surface area contributed by atoms with Crippen LogP contribution in [0.25, 0.3) is 0 Å². The molecule has 1 atom stereocenters. The van der Waals surface area contributed by atoms with Crippen LogP contribution >= 0.6 is 0 Å². The second-order valence-electron chi connectivity index (χ2n) is 5.84. The van der Waals surface area contributed by atoms with E-state index in [-0.39, 0.29) is 17.7 Å². The van der Waals surface area contributed by atoms with Gasteiger partial charge >= 0.3 is 5.91 Å². The zero-order valence-electron chi connectivity index (χ0n) is 13.9. The summed E-state index contributed by atoms with van der Waals surface area (Å²) in [5.74, 6) is 0.520. The summed E-state index contributed by atoms with van der Waals surface area (Å²) in [6, 6.07) is 12.7. The fraction of sp³-hybridized carbons (Fsp3) is 0.333. The molecule has 1 aliphatic rings. The number of para-hydroxylation sites is 2. The molecule has 3 rings (SSSR count). The van der Waals surface area contributed by atoms with Gasteiger partial charge in [-0.3, -0.25) is 4.79 Å². The van der Waals surface area contributed by atoms with Crippen molar-refractivity contribution >= 4 is 11.6 Å². The van der Waals surface area contributed by atoms with Crippen molar-refractivity contribution in [2.75, 3.05) is 31.6 Å². The number of carbonyl (C=O) groups is 1. The van der Waals surface area contributed by atoms with E-state index in [2.05, 4.69) is 11.8 Å². The van der Waals surface area contributed by atoms with E-state index in [0.29, 0.717) is 17.8 Å². The van der Waals surface area contributed by atoms with Crippen molar-refractivity contribution in [1.29, 1.82) is 0 Å². The quantitative estimate of drug-likeness (QED) is 0.633. The summed E-state index contributed by atoms with van der Waals surface area (Å²) in [6.07, 6.45) is 1.19. The highest BCUT2D eigenvalue weighted by atomic mass is 16.5. The van der Waals surface area contributed by atoms with Gasteiger partial charge in [0.25, 0.3) is 5.69 Å². The monoisotopic (exact) mass is 327 g/mol. The molecule has 0 N–H and O–H groups in total. The molecule has 1 amide bonds. The molecule has 1 unspecified atom stereocenters. The molecule has 0 aliphatic carbocycles. The van der Waals surface area contributed by atoms with Crippen molar-refractivity contribution in [3.8, 4) is 5.75 Å². The molecule has 0 bridgehead atoms. The van der Waals surface area contributed by atoms with Crippen LogP contribution in [0.2, 0.25) is 0 Å². The van der Waals surface area contributed by atoms with Crippen molar-refractivity contribution in [2.45, 2.75) is 13.0 Å². The minimum atomic E-state index is -0.309. The van der Waals surface area contributed by atoms with Gasteiger partial charge in [-0.15, -0.1) is 0 Å². The third kappa shape index (κ3) is 3.13. The van der Waals surface area contributed by atoms with Crippen molar-refractivity contribution in [3.63, 3.8) is 0 Å². The smallest absolute Gasteiger partial charge is 0.319 e. The second-order valence-corrected chi connectivity index (χ2v) is 5.84. The van der Waals surface area contributed by atoms with Crippen molar-refractivity contribution < 1.29 is 14.3 Å². The zero-order chi connectivity index (χ0) is 17.1. The predicted octanol–water partition coefficient (Wildman–Crippen LogP) is 1.68. The molecule has 0 fully saturated rings. The fourth-order valence-corrected chi connectivity index (χ4v) is 2.95. The number of benzene rings is 1. The molecule has 24 heavy (non-hydrogen) atoms. The summed E-state index contributed by atoms with van der Waals surface area (Å²) < 4.78 is 6.62. The summed E-state index contributed by atoms with van der Waals surface area (Å²) in [7, 11) is 1.69. The summed E-state index contributed by atoms with van der Waals surface area (Å²) in [5, 5.41) is 11.7. The maximum absolute atomic E-state index is 12.5. The molecular weight excluding hydrogens is 306 g/mol. The Morgan fingerprint density at radius 3 is 2.83 bits per heavy atom. The standard InChI is InChI=1S/C18H21N3O3/c1-3-20-13-14(24-17-10-5-4-8-15(17)20)12-19(2)18(22)16-9-6-7-11-21(16)23/h4-11,14H,3,12-13H2,1-2H3. The molecule has 6 nitrogen and oxygen atoms in total. The Balaban J connectivity index is 1.72. The highest BCUT2D eigenvalue weighted by Gasteiger charge is 2.28. The van der Waals surface area contributed by atoms with Gasteiger partial charge in [-0.2, -0.15) is 4.73 Å². The van der Waals surface area contributed by atoms with Crippen LogP contribution in [-0.4, -0.2) is 43.6 Å². The number of rotatable bonds is 4. The zero-order valence-corrected chi connectivity index (χ0v) is 13.9. The van der Waals surface area contributed by atoms with E-state index >= 15 is 0 Å². The second kappa shape index (κ2) is 6.78. The van der Waals surface area contributed by atoms with Crippen LogP contribution in [0.3, 0.4) is 0 Å². The first kappa shape index (κ1) is 16.1. The van der Waals surface area contributed by atoms with Crippen molar-refractivity contribution in [2.24, 2.45) is 0 Å². The van der Waals surface area contributed by atoms with Gasteiger partial charge in [-0.05, 0) is 25.1 Å². The first-order valence-corrected chi connectivity index (χ1v) is 8.04. The molecule has 2 heterocycles. The van der Waals surface area contributed by atoms with Crippen LogP contribution in [-0.2, 0) is 0 Å². The fourth-order valence-electron chi connectivity index (χ4n) is 2.95. The van der Waals surface area contributed by atoms with Crippen LogP contribution in [0, 0.1) is 5.21 Å². The molecular formula is C18H21N3O3. The Kier molecular flexibility index (Phi) is 4.55. The first-order chi connectivity index (χ1) is 11.6. The van der Waals surface area contributed by atoms with Gasteiger partial charge in [0.05, 0.1) is 18.8 Å². The summed E-state index contributed by atoms with van der Waals surface area (Å²) >= 11 is 0. The van der Waals surface area contributed by atoms with Crippen LogP contribution < -0.4 is 14.4 Å². The Hall–Kier alpha value is -2.76. The lowest BCUT2D eigenvalue weighted by Gasteiger charge is -2.37. The Labute approximate surface area is 141 Å². The van der Waals surface area contributed by atoms with Gasteiger partial charge in [0.2, 0.25) is 0 Å². The van der Waals surface area contributed by atoms with Gasteiger partial charge in [-0.25, -0.2) is 0 Å². The van der Waals surface area contributed by atoms with Gasteiger partial charge in [-0.1, -0.05) is 12.1 Å². The summed E-state index contributed by atoms with van der Waals surface area (Å²) in [6.45, 7) is 4.09. The average molecular weight is 327 g/mol. The average Bonchev–Trinajstić information content (AvgIpc) is 2.60. The number of pyridine rings is 1. The summed E-state index contributed by atoms with van der Waals surface area (Å²) in [4.78, 5) is 16.2. The van der Waals surface area contributed by atoms with Crippen LogP contribution in [0.5, 0.6) is 5.75 Å². The van der Waals surface area contributed by atoms with E-state index in [0.717, 1.165) is 18.0 Å². The maximum Gasteiger partial charge on any atom is 0.319 e. The van der Waals surface area contributed by atoms with Gasteiger partial charge < -0.3 is 19.7 Å². The topological polar surface area (TPSA) is 59.7 Å². The van der Waals surface area contributed by atoms with Crippen molar-refractivity contribution in [1.82, 2.24) is 4.90 Å². The first-order valence-electron chi connectivity index (χ1n) is 8.04. The lowest BCUT2D eigenvalue weighted by atomic mass is 10.1. The number of ether oxygens (including phenoxy) is 1. The number of hydrogen-bond donors (Lipinski definition) is 0. The van der Waals surface area contributed by atoms with Gasteiger partial charge in [0.1, 0.15) is 11.9 Å². The third-order valence-electron chi connectivity index (χ3n) is 4.17. The van der Waals surface area contributed by atoms with E-state index in [1.807, 2.05) is 24.3 Å². The Morgan fingerprint density at radius 2 is 2.08 bits per heavy atom. The van der Waals surface area contributed by atoms with E-state index in [4.69, 9.17) is 4.74 Å². The van der Waals surface area contributed by atoms with Crippen LogP contribution in [0.1, 0.15) is 17.4 Å². The molecule has 0 saturated heterocycles. The normalized spacial score (nSPS) is 16.2. The molecule has 0 saturated carbocycles. The predicted molar refractivity (Wildman–Crippen MR) is 91.1 cm³/mol. The van der Waals surface area contributed by atoms with Crippen molar-refractivity contribution in [3.05, 3.63) is 59.6 Å². The number of anilines is 1. The number of fused-ring (bicyclic) bond motifs is 1. The number of aromatic nitrogens is 1. The number of amides is 1. The molecule has 2 aromatic rings. The number of likely N-dealkylation sites (N-methyl/N-ethyl adjacent to an activating group) is 2. The van der Waals surface area contributed by atoms with E-state index < -0.39 is 0 Å². The largest absolute Gasteiger partial charge is 0.618 e. The Bertz CT molecular complexity index is 735. The molecule has 1 aromatic heterocycles. The highest BCUT2D eigenvalue weighted by molar-refractivity contribution is 5.90. The van der Waals surface area contributed by atoms with Gasteiger partial charge in [0, 0.05) is 25.7 Å². The van der Waals surface area contributed by atoms with E-state index in [1.54, 1.807) is 19.2 Å². The highest BCUT2D eigenvalue weighted by Crippen LogP contribution is 2.32. The van der Waals surface area contributed by atoms with Gasteiger partial charge in [0.15, 0.2) is 6.20 Å². The lowest BCUT2D eigenvalue weighted by molar-refractivity contribution is -0.608. The van der Waals surface area contributed by atoms with Crippen LogP contribution in [0.15, 0.2) is 48.7 Å².